The zero-order chi connectivity index (χ0) is 11.0. The lowest BCUT2D eigenvalue weighted by atomic mass is 10.1. The first-order valence-electron chi connectivity index (χ1n) is 4.40. The zero-order valence-electron chi connectivity index (χ0n) is 7.97. The number of carbonyl (C=O) groups excluding carboxylic acids is 1. The Morgan fingerprint density at radius 3 is 2.80 bits per heavy atom. The molecule has 0 fully saturated rings. The second-order valence-corrected chi connectivity index (χ2v) is 3.92. The molecule has 0 aliphatic carbocycles. The van der Waals surface area contributed by atoms with Crippen LogP contribution in [-0.4, -0.2) is 19.0 Å². The molecule has 2 rings (SSSR count). The molecule has 1 aromatic carbocycles. The van der Waals surface area contributed by atoms with Crippen LogP contribution in [0.1, 0.15) is 17.3 Å². The van der Waals surface area contributed by atoms with Crippen LogP contribution in [0.5, 0.6) is 11.5 Å². The minimum absolute atomic E-state index is 0.000694. The zero-order valence-corrected chi connectivity index (χ0v) is 9.56. The van der Waals surface area contributed by atoms with E-state index >= 15 is 0 Å². The first-order chi connectivity index (χ1) is 7.11. The van der Waals surface area contributed by atoms with Gasteiger partial charge in [-0.1, -0.05) is 0 Å². The maximum Gasteiger partial charge on any atom is 0.176 e. The van der Waals surface area contributed by atoms with Crippen LogP contribution >= 0.6 is 15.9 Å². The molecule has 1 aliphatic rings. The van der Waals surface area contributed by atoms with Crippen LogP contribution in [-0.2, 0) is 0 Å². The summed E-state index contributed by atoms with van der Waals surface area (Å²) < 4.78 is 24.3. The van der Waals surface area contributed by atoms with Crippen LogP contribution in [0.15, 0.2) is 10.5 Å². The van der Waals surface area contributed by atoms with E-state index in [-0.39, 0.29) is 11.3 Å². The second-order valence-electron chi connectivity index (χ2n) is 3.13. The van der Waals surface area contributed by atoms with Gasteiger partial charge in [0.2, 0.25) is 0 Å². The second kappa shape index (κ2) is 3.81. The predicted octanol–water partition coefficient (Wildman–Crippen LogP) is 2.56. The summed E-state index contributed by atoms with van der Waals surface area (Å²) in [5.74, 6) is -0.224. The molecule has 0 saturated heterocycles. The molecule has 5 heteroatoms. The number of hydrogen-bond donors (Lipinski definition) is 0. The summed E-state index contributed by atoms with van der Waals surface area (Å²) in [7, 11) is 0. The van der Waals surface area contributed by atoms with Crippen molar-refractivity contribution in [1.82, 2.24) is 0 Å². The first-order valence-corrected chi connectivity index (χ1v) is 5.19. The van der Waals surface area contributed by atoms with Gasteiger partial charge in [0, 0.05) is 6.07 Å². The lowest BCUT2D eigenvalue weighted by molar-refractivity contribution is 0.101. The van der Waals surface area contributed by atoms with Gasteiger partial charge in [0.25, 0.3) is 0 Å². The number of ether oxygens (including phenoxy) is 2. The van der Waals surface area contributed by atoms with Gasteiger partial charge in [-0.3, -0.25) is 4.79 Å². The normalized spacial score (nSPS) is 13.8. The molecule has 0 radical (unpaired) electrons. The Morgan fingerprint density at radius 1 is 1.47 bits per heavy atom. The van der Waals surface area contributed by atoms with E-state index in [1.165, 1.54) is 13.0 Å². The minimum atomic E-state index is -0.598. The molecule has 0 amide bonds. The van der Waals surface area contributed by atoms with E-state index in [1.54, 1.807) is 0 Å². The standard InChI is InChI=1S/C10H8BrFO3/c1-5(13)8-6(12)4-7-10(9(8)11)15-3-2-14-7/h4H,2-3H2,1H3. The fourth-order valence-electron chi connectivity index (χ4n) is 1.44. The molecule has 15 heavy (non-hydrogen) atoms. The molecule has 80 valence electrons. The van der Waals surface area contributed by atoms with E-state index < -0.39 is 5.82 Å². The summed E-state index contributed by atoms with van der Waals surface area (Å²) in [4.78, 5) is 11.2. The van der Waals surface area contributed by atoms with Crippen molar-refractivity contribution in [3.63, 3.8) is 0 Å². The van der Waals surface area contributed by atoms with Crippen LogP contribution in [0, 0.1) is 5.82 Å². The van der Waals surface area contributed by atoms with Crippen LogP contribution in [0.4, 0.5) is 4.39 Å². The van der Waals surface area contributed by atoms with E-state index in [4.69, 9.17) is 9.47 Å². The average molecular weight is 275 g/mol. The summed E-state index contributed by atoms with van der Waals surface area (Å²) in [5, 5.41) is 0. The van der Waals surface area contributed by atoms with Crippen molar-refractivity contribution < 1.29 is 18.7 Å². The molecule has 0 N–H and O–H groups in total. The average Bonchev–Trinajstić information content (AvgIpc) is 2.17. The summed E-state index contributed by atoms with van der Waals surface area (Å²) in [6, 6.07) is 1.18. The van der Waals surface area contributed by atoms with Gasteiger partial charge in [-0.15, -0.1) is 0 Å². The minimum Gasteiger partial charge on any atom is -0.486 e. The quantitative estimate of drug-likeness (QED) is 0.739. The van der Waals surface area contributed by atoms with Crippen LogP contribution < -0.4 is 9.47 Å². The Morgan fingerprint density at radius 2 is 2.13 bits per heavy atom. The highest BCUT2D eigenvalue weighted by atomic mass is 79.9. The third-order valence-electron chi connectivity index (χ3n) is 2.08. The molecule has 0 saturated carbocycles. The third-order valence-corrected chi connectivity index (χ3v) is 2.84. The Balaban J connectivity index is 2.64. The van der Waals surface area contributed by atoms with Crippen LogP contribution in [0.25, 0.3) is 0 Å². The van der Waals surface area contributed by atoms with Gasteiger partial charge in [0.1, 0.15) is 19.0 Å². The van der Waals surface area contributed by atoms with Crippen molar-refractivity contribution >= 4 is 21.7 Å². The lowest BCUT2D eigenvalue weighted by Crippen LogP contribution is -2.17. The number of hydrogen-bond acceptors (Lipinski definition) is 3. The molecular formula is C10H8BrFO3. The molecule has 0 spiro atoms. The van der Waals surface area contributed by atoms with Gasteiger partial charge in [-0.2, -0.15) is 0 Å². The number of ketones is 1. The number of halogens is 2. The Hall–Kier alpha value is -1.10. The van der Waals surface area contributed by atoms with Crippen molar-refractivity contribution in [2.45, 2.75) is 6.92 Å². The highest BCUT2D eigenvalue weighted by molar-refractivity contribution is 9.10. The molecule has 1 heterocycles. The molecule has 3 nitrogen and oxygen atoms in total. The van der Waals surface area contributed by atoms with Gasteiger partial charge >= 0.3 is 0 Å². The SMILES string of the molecule is CC(=O)c1c(F)cc2c(c1Br)OCCO2. The van der Waals surface area contributed by atoms with E-state index in [9.17, 15) is 9.18 Å². The molecule has 0 bridgehead atoms. The molecule has 0 atom stereocenters. The number of benzene rings is 1. The van der Waals surface area contributed by atoms with Crippen molar-refractivity contribution in [2.75, 3.05) is 13.2 Å². The number of fused-ring (bicyclic) bond motifs is 1. The smallest absolute Gasteiger partial charge is 0.176 e. The van der Waals surface area contributed by atoms with E-state index in [1.807, 2.05) is 0 Å². The molecule has 0 unspecified atom stereocenters. The molecular weight excluding hydrogens is 267 g/mol. The monoisotopic (exact) mass is 274 g/mol. The van der Waals surface area contributed by atoms with Gasteiger partial charge in [-0.05, 0) is 22.9 Å². The summed E-state index contributed by atoms with van der Waals surface area (Å²) >= 11 is 3.15. The van der Waals surface area contributed by atoms with E-state index in [0.29, 0.717) is 29.2 Å². The Kier molecular flexibility index (Phi) is 2.65. The van der Waals surface area contributed by atoms with Crippen molar-refractivity contribution in [1.29, 1.82) is 0 Å². The topological polar surface area (TPSA) is 35.5 Å². The fraction of sp³-hybridized carbons (Fsp3) is 0.300. The molecule has 0 aromatic heterocycles. The van der Waals surface area contributed by atoms with E-state index in [2.05, 4.69) is 15.9 Å². The Labute approximate surface area is 94.3 Å². The number of rotatable bonds is 1. The van der Waals surface area contributed by atoms with Crippen molar-refractivity contribution in [2.24, 2.45) is 0 Å². The van der Waals surface area contributed by atoms with Gasteiger partial charge < -0.3 is 9.47 Å². The third kappa shape index (κ3) is 1.71. The Bertz CT molecular complexity index is 431. The van der Waals surface area contributed by atoms with Gasteiger partial charge in [-0.25, -0.2) is 4.39 Å². The maximum atomic E-state index is 13.5. The highest BCUT2D eigenvalue weighted by Gasteiger charge is 2.23. The summed E-state index contributed by atoms with van der Waals surface area (Å²) in [6.45, 7) is 2.09. The lowest BCUT2D eigenvalue weighted by Gasteiger charge is -2.20. The number of Topliss-reactive ketones (excluding diaryl/α,β-unsaturated/α-hetero) is 1. The van der Waals surface area contributed by atoms with Gasteiger partial charge in [0.05, 0.1) is 10.0 Å². The van der Waals surface area contributed by atoms with Crippen LogP contribution in [0.2, 0.25) is 0 Å². The van der Waals surface area contributed by atoms with Gasteiger partial charge in [0.15, 0.2) is 17.3 Å². The van der Waals surface area contributed by atoms with Crippen LogP contribution in [0.3, 0.4) is 0 Å². The molecule has 1 aliphatic heterocycles. The van der Waals surface area contributed by atoms with Crippen molar-refractivity contribution in [3.05, 3.63) is 21.9 Å². The first kappa shape index (κ1) is 10.4. The summed E-state index contributed by atoms with van der Waals surface area (Å²) in [5.41, 5.74) is -0.000694. The summed E-state index contributed by atoms with van der Waals surface area (Å²) in [6.07, 6.45) is 0. The van der Waals surface area contributed by atoms with E-state index in [0.717, 1.165) is 0 Å². The number of carbonyl (C=O) groups is 1. The molecule has 1 aromatic rings. The highest BCUT2D eigenvalue weighted by Crippen LogP contribution is 2.41. The predicted molar refractivity (Wildman–Crippen MR) is 55.1 cm³/mol. The largest absolute Gasteiger partial charge is 0.486 e. The maximum absolute atomic E-state index is 13.5. The van der Waals surface area contributed by atoms with Crippen molar-refractivity contribution in [3.8, 4) is 11.5 Å². The fourth-order valence-corrected chi connectivity index (χ4v) is 2.22.